The summed E-state index contributed by atoms with van der Waals surface area (Å²) in [7, 11) is 0. The molecule has 0 amide bonds. The lowest BCUT2D eigenvalue weighted by Gasteiger charge is -2.25. The standard InChI is InChI=1S/C18H21NOS/c21-14-17(15-6-2-1-3-7-15)13-19-10-11-20-18-9-5-4-8-16(18)12-19/h1-9,17,21H,10-14H2. The van der Waals surface area contributed by atoms with Crippen LogP contribution in [0, 0.1) is 0 Å². The van der Waals surface area contributed by atoms with Crippen molar-refractivity contribution in [3.05, 3.63) is 65.7 Å². The summed E-state index contributed by atoms with van der Waals surface area (Å²) in [4.78, 5) is 2.47. The van der Waals surface area contributed by atoms with E-state index in [-0.39, 0.29) is 0 Å². The van der Waals surface area contributed by atoms with Crippen LogP contribution in [0.25, 0.3) is 0 Å². The molecule has 0 N–H and O–H groups in total. The number of hydrogen-bond donors (Lipinski definition) is 1. The Balaban J connectivity index is 1.72. The first-order chi connectivity index (χ1) is 10.4. The van der Waals surface area contributed by atoms with E-state index < -0.39 is 0 Å². The fourth-order valence-corrected chi connectivity index (χ4v) is 3.17. The Morgan fingerprint density at radius 3 is 2.62 bits per heavy atom. The monoisotopic (exact) mass is 299 g/mol. The van der Waals surface area contributed by atoms with Crippen LogP contribution < -0.4 is 4.74 Å². The molecule has 1 unspecified atom stereocenters. The average molecular weight is 299 g/mol. The third-order valence-corrected chi connectivity index (χ3v) is 4.44. The summed E-state index contributed by atoms with van der Waals surface area (Å²) in [5, 5.41) is 0. The average Bonchev–Trinajstić information content (AvgIpc) is 2.75. The van der Waals surface area contributed by atoms with Gasteiger partial charge in [0.15, 0.2) is 0 Å². The molecule has 2 nitrogen and oxygen atoms in total. The van der Waals surface area contributed by atoms with E-state index in [0.717, 1.165) is 37.7 Å². The molecule has 1 aliphatic heterocycles. The summed E-state index contributed by atoms with van der Waals surface area (Å²) in [6.45, 7) is 3.69. The second-order valence-corrected chi connectivity index (χ2v) is 5.85. The zero-order valence-corrected chi connectivity index (χ0v) is 13.0. The second kappa shape index (κ2) is 7.01. The predicted molar refractivity (Wildman–Crippen MR) is 90.3 cm³/mol. The summed E-state index contributed by atoms with van der Waals surface area (Å²) in [5.74, 6) is 2.35. The number of nitrogens with zero attached hydrogens (tertiary/aromatic N) is 1. The van der Waals surface area contributed by atoms with E-state index >= 15 is 0 Å². The van der Waals surface area contributed by atoms with E-state index in [1.165, 1.54) is 11.1 Å². The van der Waals surface area contributed by atoms with Crippen molar-refractivity contribution in [1.82, 2.24) is 4.90 Å². The van der Waals surface area contributed by atoms with Gasteiger partial charge in [0.2, 0.25) is 0 Å². The molecule has 3 heteroatoms. The summed E-state index contributed by atoms with van der Waals surface area (Å²) >= 11 is 4.55. The number of para-hydroxylation sites is 1. The highest BCUT2D eigenvalue weighted by molar-refractivity contribution is 7.80. The maximum absolute atomic E-state index is 5.84. The molecule has 0 saturated carbocycles. The van der Waals surface area contributed by atoms with Gasteiger partial charge in [-0.2, -0.15) is 12.6 Å². The van der Waals surface area contributed by atoms with Crippen molar-refractivity contribution in [2.75, 3.05) is 25.4 Å². The van der Waals surface area contributed by atoms with Crippen LogP contribution in [-0.4, -0.2) is 30.3 Å². The van der Waals surface area contributed by atoms with Crippen LogP contribution in [0.3, 0.4) is 0 Å². The Morgan fingerprint density at radius 2 is 1.81 bits per heavy atom. The number of ether oxygens (including phenoxy) is 1. The van der Waals surface area contributed by atoms with E-state index in [2.05, 4.69) is 66.1 Å². The first-order valence-corrected chi connectivity index (χ1v) is 8.09. The van der Waals surface area contributed by atoms with Gasteiger partial charge >= 0.3 is 0 Å². The zero-order valence-electron chi connectivity index (χ0n) is 12.1. The van der Waals surface area contributed by atoms with Crippen LogP contribution >= 0.6 is 12.6 Å². The lowest BCUT2D eigenvalue weighted by atomic mass is 10.00. The van der Waals surface area contributed by atoms with Gasteiger partial charge in [0.25, 0.3) is 0 Å². The van der Waals surface area contributed by atoms with Crippen molar-refractivity contribution in [3.8, 4) is 5.75 Å². The number of fused-ring (bicyclic) bond motifs is 1. The topological polar surface area (TPSA) is 12.5 Å². The minimum absolute atomic E-state index is 0.458. The normalized spacial score (nSPS) is 16.6. The zero-order chi connectivity index (χ0) is 14.5. The van der Waals surface area contributed by atoms with Crippen LogP contribution in [0.2, 0.25) is 0 Å². The molecule has 1 heterocycles. The van der Waals surface area contributed by atoms with E-state index in [1.807, 2.05) is 6.07 Å². The third kappa shape index (κ3) is 3.60. The largest absolute Gasteiger partial charge is 0.492 e. The molecule has 0 aromatic heterocycles. The first kappa shape index (κ1) is 14.5. The predicted octanol–water partition coefficient (Wildman–Crippen LogP) is 3.59. The third-order valence-electron chi connectivity index (χ3n) is 4.00. The second-order valence-electron chi connectivity index (χ2n) is 5.48. The van der Waals surface area contributed by atoms with Crippen molar-refractivity contribution >= 4 is 12.6 Å². The lowest BCUT2D eigenvalue weighted by Crippen LogP contribution is -2.31. The molecule has 2 aromatic carbocycles. The quantitative estimate of drug-likeness (QED) is 0.866. The highest BCUT2D eigenvalue weighted by Crippen LogP contribution is 2.25. The van der Waals surface area contributed by atoms with Gasteiger partial charge in [-0.15, -0.1) is 0 Å². The van der Waals surface area contributed by atoms with Gasteiger partial charge in [0, 0.05) is 31.1 Å². The van der Waals surface area contributed by atoms with Crippen LogP contribution in [0.1, 0.15) is 17.0 Å². The maximum Gasteiger partial charge on any atom is 0.123 e. The molecular formula is C18H21NOS. The maximum atomic E-state index is 5.84. The summed E-state index contributed by atoms with van der Waals surface area (Å²) < 4.78 is 5.84. The Hall–Kier alpha value is -1.45. The molecule has 0 fully saturated rings. The molecule has 3 rings (SSSR count). The van der Waals surface area contributed by atoms with E-state index in [9.17, 15) is 0 Å². The van der Waals surface area contributed by atoms with Crippen molar-refractivity contribution in [3.63, 3.8) is 0 Å². The number of rotatable bonds is 4. The van der Waals surface area contributed by atoms with Crippen molar-refractivity contribution < 1.29 is 4.74 Å². The van der Waals surface area contributed by atoms with Crippen molar-refractivity contribution in [2.45, 2.75) is 12.5 Å². The minimum atomic E-state index is 0.458. The van der Waals surface area contributed by atoms with Gasteiger partial charge in [-0.25, -0.2) is 0 Å². The summed E-state index contributed by atoms with van der Waals surface area (Å²) in [5.41, 5.74) is 2.65. The molecule has 110 valence electrons. The SMILES string of the molecule is SCC(CN1CCOc2ccccc2C1)c1ccccc1. The molecule has 0 saturated heterocycles. The van der Waals surface area contributed by atoms with Gasteiger partial charge in [-0.05, 0) is 17.4 Å². The summed E-state index contributed by atoms with van der Waals surface area (Å²) in [6, 6.07) is 19.0. The van der Waals surface area contributed by atoms with Crippen molar-refractivity contribution in [2.24, 2.45) is 0 Å². The molecule has 21 heavy (non-hydrogen) atoms. The molecule has 0 bridgehead atoms. The number of hydrogen-bond acceptors (Lipinski definition) is 3. The van der Waals surface area contributed by atoms with Gasteiger partial charge in [-0.3, -0.25) is 4.90 Å². The van der Waals surface area contributed by atoms with Crippen LogP contribution in [-0.2, 0) is 6.54 Å². The molecule has 0 radical (unpaired) electrons. The van der Waals surface area contributed by atoms with Crippen LogP contribution in [0.15, 0.2) is 54.6 Å². The first-order valence-electron chi connectivity index (χ1n) is 7.45. The molecule has 0 spiro atoms. The highest BCUT2D eigenvalue weighted by atomic mass is 32.1. The fourth-order valence-electron chi connectivity index (χ4n) is 2.84. The minimum Gasteiger partial charge on any atom is -0.492 e. The number of benzene rings is 2. The van der Waals surface area contributed by atoms with Gasteiger partial charge in [0.1, 0.15) is 12.4 Å². The smallest absolute Gasteiger partial charge is 0.123 e. The van der Waals surface area contributed by atoms with E-state index in [4.69, 9.17) is 4.74 Å². The Labute approximate surface area is 132 Å². The van der Waals surface area contributed by atoms with Gasteiger partial charge in [-0.1, -0.05) is 48.5 Å². The summed E-state index contributed by atoms with van der Waals surface area (Å²) in [6.07, 6.45) is 0. The Kier molecular flexibility index (Phi) is 4.84. The Bertz CT molecular complexity index is 572. The fraction of sp³-hybridized carbons (Fsp3) is 0.333. The lowest BCUT2D eigenvalue weighted by molar-refractivity contribution is 0.219. The number of thiol groups is 1. The van der Waals surface area contributed by atoms with Gasteiger partial charge < -0.3 is 4.74 Å². The van der Waals surface area contributed by atoms with E-state index in [1.54, 1.807) is 0 Å². The Morgan fingerprint density at radius 1 is 1.05 bits per heavy atom. The molecule has 1 atom stereocenters. The van der Waals surface area contributed by atoms with Crippen LogP contribution in [0.4, 0.5) is 0 Å². The molecule has 2 aromatic rings. The molecule has 0 aliphatic carbocycles. The molecular weight excluding hydrogens is 278 g/mol. The highest BCUT2D eigenvalue weighted by Gasteiger charge is 2.19. The van der Waals surface area contributed by atoms with E-state index in [0.29, 0.717) is 5.92 Å². The van der Waals surface area contributed by atoms with Crippen LogP contribution in [0.5, 0.6) is 5.75 Å². The van der Waals surface area contributed by atoms with Crippen molar-refractivity contribution in [1.29, 1.82) is 0 Å². The van der Waals surface area contributed by atoms with Gasteiger partial charge in [0.05, 0.1) is 0 Å². The molecule has 1 aliphatic rings.